The highest BCUT2D eigenvalue weighted by atomic mass is 16.5. The van der Waals surface area contributed by atoms with Crippen LogP contribution in [0.4, 0.5) is 5.69 Å². The Morgan fingerprint density at radius 2 is 1.89 bits per heavy atom. The summed E-state index contributed by atoms with van der Waals surface area (Å²) in [7, 11) is 0. The Morgan fingerprint density at radius 1 is 1.14 bits per heavy atom. The highest BCUT2D eigenvalue weighted by Gasteiger charge is 2.18. The van der Waals surface area contributed by atoms with Crippen molar-refractivity contribution in [3.05, 3.63) is 72.8 Å². The van der Waals surface area contributed by atoms with Crippen LogP contribution in [-0.4, -0.2) is 48.8 Å². The van der Waals surface area contributed by atoms with Crippen molar-refractivity contribution in [1.82, 2.24) is 10.4 Å². The molecule has 1 fully saturated rings. The van der Waals surface area contributed by atoms with Crippen LogP contribution < -0.4 is 15.1 Å². The highest BCUT2D eigenvalue weighted by Crippen LogP contribution is 2.19. The number of nitrogens with one attached hydrogen (secondary N) is 1. The van der Waals surface area contributed by atoms with Gasteiger partial charge in [-0.1, -0.05) is 24.8 Å². The van der Waals surface area contributed by atoms with Crippen LogP contribution in [0.3, 0.4) is 0 Å². The fourth-order valence-corrected chi connectivity index (χ4v) is 2.97. The maximum absolute atomic E-state index is 12.2. The smallest absolute Gasteiger partial charge is 0.258 e. The van der Waals surface area contributed by atoms with Crippen molar-refractivity contribution < 1.29 is 14.6 Å². The molecular weight excluding hydrogens is 354 g/mol. The number of carbonyl (C=O) groups excluding carboxylic acids is 1. The van der Waals surface area contributed by atoms with Gasteiger partial charge in [-0.15, -0.1) is 0 Å². The third kappa shape index (κ3) is 5.62. The van der Waals surface area contributed by atoms with Gasteiger partial charge in [0.15, 0.2) is 0 Å². The van der Waals surface area contributed by atoms with Gasteiger partial charge in [-0.3, -0.25) is 10.2 Å². The fraction of sp³-hybridized carbons (Fsp3) is 0.227. The number of nitrogens with zero attached hydrogens (tertiary/aromatic N) is 2. The lowest BCUT2D eigenvalue weighted by Gasteiger charge is -2.35. The van der Waals surface area contributed by atoms with E-state index in [2.05, 4.69) is 16.9 Å². The van der Waals surface area contributed by atoms with Gasteiger partial charge in [0.25, 0.3) is 5.91 Å². The van der Waals surface area contributed by atoms with Crippen LogP contribution in [-0.2, 0) is 4.79 Å². The molecule has 6 heteroatoms. The molecule has 0 aromatic heterocycles. The number of phenols is 1. The predicted molar refractivity (Wildman–Crippen MR) is 111 cm³/mol. The summed E-state index contributed by atoms with van der Waals surface area (Å²) in [6.07, 6.45) is 4.99. The minimum Gasteiger partial charge on any atom is -0.508 e. The summed E-state index contributed by atoms with van der Waals surface area (Å²) in [4.78, 5) is 14.4. The van der Waals surface area contributed by atoms with E-state index in [1.807, 2.05) is 41.4 Å². The second-order valence-corrected chi connectivity index (χ2v) is 6.47. The molecule has 146 valence electrons. The molecule has 0 saturated carbocycles. The number of benzene rings is 2. The molecule has 2 N–H and O–H groups in total. The number of amides is 1. The van der Waals surface area contributed by atoms with E-state index in [-0.39, 0.29) is 11.7 Å². The summed E-state index contributed by atoms with van der Waals surface area (Å²) in [5.74, 6) is 0.850. The molecule has 1 aliphatic rings. The molecule has 6 nitrogen and oxygen atoms in total. The normalized spacial score (nSPS) is 14.8. The second kappa shape index (κ2) is 9.62. The Balaban J connectivity index is 1.47. The van der Waals surface area contributed by atoms with E-state index in [0.29, 0.717) is 6.61 Å². The molecule has 2 aromatic rings. The highest BCUT2D eigenvalue weighted by molar-refractivity contribution is 5.91. The number of piperazine rings is 1. The Bertz CT molecular complexity index is 825. The summed E-state index contributed by atoms with van der Waals surface area (Å²) in [6, 6.07) is 14.7. The maximum Gasteiger partial charge on any atom is 0.258 e. The Morgan fingerprint density at radius 3 is 2.61 bits per heavy atom. The van der Waals surface area contributed by atoms with Gasteiger partial charge < -0.3 is 14.7 Å². The summed E-state index contributed by atoms with van der Waals surface area (Å²) >= 11 is 0. The van der Waals surface area contributed by atoms with E-state index >= 15 is 0 Å². The number of hydrogen-bond donors (Lipinski definition) is 2. The largest absolute Gasteiger partial charge is 0.508 e. The molecule has 0 unspecified atom stereocenters. The van der Waals surface area contributed by atoms with Crippen LogP contribution in [0.15, 0.2) is 67.3 Å². The zero-order chi connectivity index (χ0) is 19.8. The first-order valence-corrected chi connectivity index (χ1v) is 9.25. The van der Waals surface area contributed by atoms with Gasteiger partial charge in [-0.05, 0) is 48.0 Å². The van der Waals surface area contributed by atoms with Gasteiger partial charge in [-0.25, -0.2) is 5.01 Å². The van der Waals surface area contributed by atoms with E-state index in [9.17, 15) is 9.90 Å². The summed E-state index contributed by atoms with van der Waals surface area (Å²) < 4.78 is 5.50. The van der Waals surface area contributed by atoms with E-state index < -0.39 is 0 Å². The molecule has 0 radical (unpaired) electrons. The number of hydrogen-bond acceptors (Lipinski definition) is 5. The number of ether oxygens (including phenoxy) is 1. The van der Waals surface area contributed by atoms with Crippen molar-refractivity contribution in [1.29, 1.82) is 0 Å². The average molecular weight is 379 g/mol. The minimum absolute atomic E-state index is 0.157. The van der Waals surface area contributed by atoms with Crippen LogP contribution >= 0.6 is 0 Å². The van der Waals surface area contributed by atoms with Crippen molar-refractivity contribution in [3.8, 4) is 11.5 Å². The minimum atomic E-state index is -0.157. The summed E-state index contributed by atoms with van der Waals surface area (Å²) in [5.41, 5.74) is 4.88. The topological polar surface area (TPSA) is 65.0 Å². The Kier molecular flexibility index (Phi) is 6.70. The molecule has 2 aromatic carbocycles. The van der Waals surface area contributed by atoms with Crippen molar-refractivity contribution in [2.75, 3.05) is 37.7 Å². The molecular formula is C22H25N3O3. The van der Waals surface area contributed by atoms with Gasteiger partial charge in [-0.2, -0.15) is 0 Å². The molecule has 0 spiro atoms. The molecule has 1 amide bonds. The van der Waals surface area contributed by atoms with E-state index in [1.165, 1.54) is 6.08 Å². The number of carbonyl (C=O) groups is 1. The lowest BCUT2D eigenvalue weighted by Crippen LogP contribution is -2.53. The van der Waals surface area contributed by atoms with Gasteiger partial charge in [0, 0.05) is 37.9 Å². The monoisotopic (exact) mass is 379 g/mol. The molecule has 1 heterocycles. The van der Waals surface area contributed by atoms with Crippen LogP contribution in [0.1, 0.15) is 5.56 Å². The van der Waals surface area contributed by atoms with Crippen molar-refractivity contribution in [2.45, 2.75) is 0 Å². The van der Waals surface area contributed by atoms with Crippen LogP contribution in [0.2, 0.25) is 0 Å². The average Bonchev–Trinajstić information content (AvgIpc) is 2.72. The van der Waals surface area contributed by atoms with E-state index in [4.69, 9.17) is 4.74 Å². The molecule has 28 heavy (non-hydrogen) atoms. The Hall–Kier alpha value is -3.25. The number of anilines is 1. The molecule has 0 atom stereocenters. The van der Waals surface area contributed by atoms with Crippen molar-refractivity contribution in [2.24, 2.45) is 0 Å². The maximum atomic E-state index is 12.2. The van der Waals surface area contributed by atoms with Crippen LogP contribution in [0.25, 0.3) is 6.08 Å². The quantitative estimate of drug-likeness (QED) is 0.572. The molecule has 3 rings (SSSR count). The predicted octanol–water partition coefficient (Wildman–Crippen LogP) is 2.82. The number of phenolic OH excluding ortho intramolecular Hbond substituents is 1. The zero-order valence-electron chi connectivity index (χ0n) is 15.8. The lowest BCUT2D eigenvalue weighted by atomic mass is 10.2. The zero-order valence-corrected chi connectivity index (χ0v) is 15.8. The third-order valence-corrected chi connectivity index (χ3v) is 4.42. The van der Waals surface area contributed by atoms with E-state index in [0.717, 1.165) is 43.2 Å². The molecule has 0 bridgehead atoms. The Labute approximate surface area is 165 Å². The lowest BCUT2D eigenvalue weighted by molar-refractivity contribution is -0.121. The first kappa shape index (κ1) is 19.5. The second-order valence-electron chi connectivity index (χ2n) is 6.47. The SMILES string of the molecule is C=CCOc1cccc(/C=C/C(=O)NN2CCN(c3ccc(O)cc3)CC2)c1. The summed E-state index contributed by atoms with van der Waals surface area (Å²) in [6.45, 7) is 7.14. The number of rotatable bonds is 7. The third-order valence-electron chi connectivity index (χ3n) is 4.42. The number of aromatic hydroxyl groups is 1. The fourth-order valence-electron chi connectivity index (χ4n) is 2.97. The van der Waals surface area contributed by atoms with Gasteiger partial charge in [0.1, 0.15) is 18.1 Å². The number of hydrazine groups is 1. The molecule has 1 aliphatic heterocycles. The van der Waals surface area contributed by atoms with Crippen LogP contribution in [0, 0.1) is 0 Å². The van der Waals surface area contributed by atoms with Gasteiger partial charge >= 0.3 is 0 Å². The van der Waals surface area contributed by atoms with Gasteiger partial charge in [0.05, 0.1) is 0 Å². The first-order chi connectivity index (χ1) is 13.6. The summed E-state index contributed by atoms with van der Waals surface area (Å²) in [5, 5.41) is 11.3. The standard InChI is InChI=1S/C22H25N3O3/c1-2-16-28-21-5-3-4-18(17-21)6-11-22(27)23-25-14-12-24(13-15-25)19-7-9-20(26)10-8-19/h2-11,17,26H,1,12-16H2,(H,23,27)/b11-6+. The van der Waals surface area contributed by atoms with Gasteiger partial charge in [0.2, 0.25) is 0 Å². The molecule has 1 saturated heterocycles. The van der Waals surface area contributed by atoms with Crippen LogP contribution in [0.5, 0.6) is 11.5 Å². The molecule has 0 aliphatic carbocycles. The van der Waals surface area contributed by atoms with E-state index in [1.54, 1.807) is 24.3 Å². The van der Waals surface area contributed by atoms with Crippen molar-refractivity contribution >= 4 is 17.7 Å². The first-order valence-electron chi connectivity index (χ1n) is 9.25. The van der Waals surface area contributed by atoms with Crippen molar-refractivity contribution in [3.63, 3.8) is 0 Å².